The first-order valence-electron chi connectivity index (χ1n) is 7.29. The van der Waals surface area contributed by atoms with Crippen LogP contribution in [0.15, 0.2) is 0 Å². The molecule has 0 bridgehead atoms. The highest BCUT2D eigenvalue weighted by molar-refractivity contribution is 5.81. The Balaban J connectivity index is 0. The third-order valence-corrected chi connectivity index (χ3v) is 4.12. The van der Waals surface area contributed by atoms with Crippen molar-refractivity contribution in [1.29, 1.82) is 0 Å². The zero-order chi connectivity index (χ0) is 13.4. The molecule has 0 rings (SSSR count). The molecule has 3 heteroatoms. The first-order valence-corrected chi connectivity index (χ1v) is 7.29. The molecule has 0 spiro atoms. The van der Waals surface area contributed by atoms with Crippen LogP contribution >= 0.6 is 0 Å². The molecule has 0 aliphatic heterocycles. The summed E-state index contributed by atoms with van der Waals surface area (Å²) in [6, 6.07) is 0. The SMILES string of the molecule is CCC(CCC(C)C)C(C)C(CC)C(=O)C[NH3+].[I-]. The normalized spacial score (nSPS) is 15.9. The van der Waals surface area contributed by atoms with E-state index in [0.29, 0.717) is 24.2 Å². The molecule has 18 heavy (non-hydrogen) atoms. The van der Waals surface area contributed by atoms with E-state index in [2.05, 4.69) is 40.4 Å². The molecule has 0 saturated heterocycles. The largest absolute Gasteiger partial charge is 1.00 e. The minimum Gasteiger partial charge on any atom is -1.00 e. The van der Waals surface area contributed by atoms with Crippen molar-refractivity contribution in [2.24, 2.45) is 23.7 Å². The predicted molar refractivity (Wildman–Crippen MR) is 73.6 cm³/mol. The molecule has 0 fully saturated rings. The fourth-order valence-electron chi connectivity index (χ4n) is 2.79. The van der Waals surface area contributed by atoms with Crippen LogP contribution in [0.3, 0.4) is 0 Å². The Bertz CT molecular complexity index is 219. The summed E-state index contributed by atoms with van der Waals surface area (Å²) < 4.78 is 0. The van der Waals surface area contributed by atoms with Gasteiger partial charge in [0.25, 0.3) is 0 Å². The summed E-state index contributed by atoms with van der Waals surface area (Å²) in [6.45, 7) is 11.6. The number of hydrogen-bond donors (Lipinski definition) is 1. The van der Waals surface area contributed by atoms with E-state index in [9.17, 15) is 4.79 Å². The second-order valence-electron chi connectivity index (χ2n) is 5.73. The van der Waals surface area contributed by atoms with Crippen LogP contribution in [0.4, 0.5) is 0 Å². The van der Waals surface area contributed by atoms with Gasteiger partial charge in [-0.25, -0.2) is 0 Å². The van der Waals surface area contributed by atoms with E-state index in [1.54, 1.807) is 0 Å². The Labute approximate surface area is 130 Å². The molecule has 0 aromatic carbocycles. The standard InChI is InChI=1S/C15H31NO.HI/c1-6-13(9-8-11(3)4)12(5)14(7-2)15(17)10-16;/h11-14H,6-10,16H2,1-5H3;1H. The number of carbonyl (C=O) groups excluding carboxylic acids is 1. The number of hydrogen-bond acceptors (Lipinski definition) is 1. The number of rotatable bonds is 9. The van der Waals surface area contributed by atoms with Gasteiger partial charge in [0.15, 0.2) is 5.78 Å². The number of halogens is 1. The van der Waals surface area contributed by atoms with Crippen molar-refractivity contribution >= 4 is 5.78 Å². The highest BCUT2D eigenvalue weighted by Gasteiger charge is 2.28. The smallest absolute Gasteiger partial charge is 0.189 e. The monoisotopic (exact) mass is 369 g/mol. The van der Waals surface area contributed by atoms with Crippen LogP contribution in [-0.4, -0.2) is 12.3 Å². The lowest BCUT2D eigenvalue weighted by Crippen LogP contribution is -3.00. The maximum Gasteiger partial charge on any atom is 0.189 e. The average Bonchev–Trinajstić information content (AvgIpc) is 2.30. The summed E-state index contributed by atoms with van der Waals surface area (Å²) in [4.78, 5) is 11.9. The maximum absolute atomic E-state index is 11.9. The third-order valence-electron chi connectivity index (χ3n) is 4.12. The van der Waals surface area contributed by atoms with Crippen LogP contribution < -0.4 is 29.7 Å². The van der Waals surface area contributed by atoms with Crippen molar-refractivity contribution in [2.45, 2.75) is 60.3 Å². The van der Waals surface area contributed by atoms with E-state index < -0.39 is 0 Å². The van der Waals surface area contributed by atoms with Crippen molar-refractivity contribution in [2.75, 3.05) is 6.54 Å². The van der Waals surface area contributed by atoms with Crippen molar-refractivity contribution in [3.63, 3.8) is 0 Å². The van der Waals surface area contributed by atoms with Crippen LogP contribution in [0.5, 0.6) is 0 Å². The maximum atomic E-state index is 11.9. The first kappa shape index (κ1) is 20.7. The quantitative estimate of drug-likeness (QED) is 0.568. The molecule has 0 amide bonds. The van der Waals surface area contributed by atoms with E-state index >= 15 is 0 Å². The summed E-state index contributed by atoms with van der Waals surface area (Å²) in [7, 11) is 0. The van der Waals surface area contributed by atoms with Crippen LogP contribution in [0.25, 0.3) is 0 Å². The molecule has 0 aliphatic carbocycles. The molecule has 0 saturated carbocycles. The highest BCUT2D eigenvalue weighted by Crippen LogP contribution is 2.30. The Morgan fingerprint density at radius 3 is 1.94 bits per heavy atom. The average molecular weight is 369 g/mol. The molecular formula is C15H32INO. The van der Waals surface area contributed by atoms with Crippen LogP contribution in [-0.2, 0) is 4.79 Å². The van der Waals surface area contributed by atoms with Crippen molar-refractivity contribution < 1.29 is 34.5 Å². The lowest BCUT2D eigenvalue weighted by molar-refractivity contribution is -0.355. The predicted octanol–water partition coefficient (Wildman–Crippen LogP) is -0.0739. The Morgan fingerprint density at radius 2 is 1.61 bits per heavy atom. The number of quaternary nitrogens is 1. The van der Waals surface area contributed by atoms with E-state index in [4.69, 9.17) is 0 Å². The Kier molecular flexibility index (Phi) is 12.9. The van der Waals surface area contributed by atoms with Gasteiger partial charge >= 0.3 is 0 Å². The number of ketones is 1. The summed E-state index contributed by atoms with van der Waals surface area (Å²) in [5.74, 6) is 2.54. The van der Waals surface area contributed by atoms with Gasteiger partial charge in [0, 0.05) is 5.92 Å². The van der Waals surface area contributed by atoms with Crippen LogP contribution in [0, 0.1) is 23.7 Å². The fraction of sp³-hybridized carbons (Fsp3) is 0.933. The molecule has 0 heterocycles. The van der Waals surface area contributed by atoms with Gasteiger partial charge in [-0.15, -0.1) is 0 Å². The van der Waals surface area contributed by atoms with Gasteiger partial charge in [-0.1, -0.05) is 47.5 Å². The molecule has 0 radical (unpaired) electrons. The van der Waals surface area contributed by atoms with E-state index in [1.807, 2.05) is 0 Å². The summed E-state index contributed by atoms with van der Waals surface area (Å²) in [6.07, 6.45) is 4.69. The number of carbonyl (C=O) groups is 1. The van der Waals surface area contributed by atoms with Gasteiger partial charge in [0.05, 0.1) is 0 Å². The highest BCUT2D eigenvalue weighted by atomic mass is 127. The first-order chi connectivity index (χ1) is 7.97. The zero-order valence-corrected chi connectivity index (χ0v) is 15.0. The summed E-state index contributed by atoms with van der Waals surface area (Å²) in [5, 5.41) is 0. The second-order valence-corrected chi connectivity index (χ2v) is 5.73. The van der Waals surface area contributed by atoms with Gasteiger partial charge in [0.1, 0.15) is 6.54 Å². The molecular weight excluding hydrogens is 337 g/mol. The van der Waals surface area contributed by atoms with Crippen molar-refractivity contribution in [1.82, 2.24) is 0 Å². The molecule has 0 aliphatic rings. The van der Waals surface area contributed by atoms with Crippen molar-refractivity contribution in [3.05, 3.63) is 0 Å². The second kappa shape index (κ2) is 11.2. The topological polar surface area (TPSA) is 44.7 Å². The molecule has 2 nitrogen and oxygen atoms in total. The minimum absolute atomic E-state index is 0. The van der Waals surface area contributed by atoms with E-state index in [1.165, 1.54) is 19.3 Å². The molecule has 3 unspecified atom stereocenters. The molecule has 3 atom stereocenters. The molecule has 110 valence electrons. The fourth-order valence-corrected chi connectivity index (χ4v) is 2.79. The molecule has 0 aromatic rings. The van der Waals surface area contributed by atoms with Gasteiger partial charge in [-0.3, -0.25) is 4.79 Å². The van der Waals surface area contributed by atoms with Crippen molar-refractivity contribution in [3.8, 4) is 0 Å². The Hall–Kier alpha value is 0.360. The molecule has 0 aromatic heterocycles. The van der Waals surface area contributed by atoms with Crippen LogP contribution in [0.1, 0.15) is 60.3 Å². The Morgan fingerprint density at radius 1 is 1.06 bits per heavy atom. The van der Waals surface area contributed by atoms with E-state index in [-0.39, 0.29) is 29.9 Å². The van der Waals surface area contributed by atoms with E-state index in [0.717, 1.165) is 12.3 Å². The lowest BCUT2D eigenvalue weighted by atomic mass is 9.75. The van der Waals surface area contributed by atoms with Gasteiger partial charge < -0.3 is 29.7 Å². The summed E-state index contributed by atoms with van der Waals surface area (Å²) in [5.41, 5.74) is 3.75. The lowest BCUT2D eigenvalue weighted by Gasteiger charge is -2.29. The number of Topliss-reactive ketones (excluding diaryl/α,β-unsaturated/α-hetero) is 1. The zero-order valence-electron chi connectivity index (χ0n) is 12.8. The van der Waals surface area contributed by atoms with Gasteiger partial charge in [-0.2, -0.15) is 0 Å². The third kappa shape index (κ3) is 7.07. The summed E-state index contributed by atoms with van der Waals surface area (Å²) >= 11 is 0. The van der Waals surface area contributed by atoms with Gasteiger partial charge in [-0.05, 0) is 30.6 Å². The molecule has 3 N–H and O–H groups in total. The van der Waals surface area contributed by atoms with Gasteiger partial charge in [0.2, 0.25) is 0 Å². The minimum atomic E-state index is 0. The van der Waals surface area contributed by atoms with Crippen LogP contribution in [0.2, 0.25) is 0 Å².